The lowest BCUT2D eigenvalue weighted by molar-refractivity contribution is 0.0594. The number of aromatic nitrogens is 1. The van der Waals surface area contributed by atoms with E-state index >= 15 is 0 Å². The molecule has 10 heteroatoms. The average molecular weight is 369 g/mol. The molecule has 0 saturated heterocycles. The first kappa shape index (κ1) is 23.0. The number of hydrogen-bond donors (Lipinski definition) is 0. The van der Waals surface area contributed by atoms with Crippen LogP contribution in [-0.2, 0) is 14.2 Å². The zero-order valence-electron chi connectivity index (χ0n) is 15.3. The van der Waals surface area contributed by atoms with Crippen molar-refractivity contribution in [1.29, 1.82) is 0 Å². The molecule has 2 amide bonds. The van der Waals surface area contributed by atoms with Crippen molar-refractivity contribution in [2.75, 3.05) is 26.9 Å². The number of amides is 2. The summed E-state index contributed by atoms with van der Waals surface area (Å²) in [5.74, 6) is -0.0922. The third-order valence-corrected chi connectivity index (χ3v) is 2.37. The molecule has 0 radical (unpaired) electrons. The molecule has 1 heterocycles. The SMILES string of the molecule is CCCOc1ncccc1C(=O)OC.CCOC(=O)N=NC(=O)OCC. The van der Waals surface area contributed by atoms with Gasteiger partial charge in [0.15, 0.2) is 0 Å². The molecule has 0 fully saturated rings. The van der Waals surface area contributed by atoms with Crippen molar-refractivity contribution in [3.8, 4) is 5.88 Å². The monoisotopic (exact) mass is 369 g/mol. The van der Waals surface area contributed by atoms with Crippen molar-refractivity contribution in [2.24, 2.45) is 10.2 Å². The topological polar surface area (TPSA) is 126 Å². The highest BCUT2D eigenvalue weighted by atomic mass is 16.6. The number of rotatable bonds is 6. The van der Waals surface area contributed by atoms with Crippen molar-refractivity contribution in [1.82, 2.24) is 4.98 Å². The number of esters is 1. The number of azo groups is 1. The van der Waals surface area contributed by atoms with Crippen LogP contribution < -0.4 is 4.74 Å². The molecule has 0 N–H and O–H groups in total. The molecule has 0 spiro atoms. The zero-order chi connectivity index (χ0) is 19.8. The van der Waals surface area contributed by atoms with Crippen LogP contribution in [0.3, 0.4) is 0 Å². The summed E-state index contributed by atoms with van der Waals surface area (Å²) in [6.07, 6.45) is 0.658. The van der Waals surface area contributed by atoms with Crippen LogP contribution in [0.4, 0.5) is 9.59 Å². The van der Waals surface area contributed by atoms with Crippen LogP contribution in [0.25, 0.3) is 0 Å². The molecule has 1 aromatic rings. The second kappa shape index (κ2) is 14.3. The highest BCUT2D eigenvalue weighted by Gasteiger charge is 2.12. The molecule has 1 rings (SSSR count). The Morgan fingerprint density at radius 1 is 1.04 bits per heavy atom. The molecule has 0 aliphatic heterocycles. The molecular formula is C16H23N3O7. The van der Waals surface area contributed by atoms with E-state index in [2.05, 4.69) is 29.4 Å². The van der Waals surface area contributed by atoms with Gasteiger partial charge in [-0.05, 0) is 32.4 Å². The maximum atomic E-state index is 11.3. The van der Waals surface area contributed by atoms with Gasteiger partial charge in [0.2, 0.25) is 5.88 Å². The van der Waals surface area contributed by atoms with Gasteiger partial charge in [-0.3, -0.25) is 0 Å². The average Bonchev–Trinajstić information content (AvgIpc) is 2.65. The van der Waals surface area contributed by atoms with Gasteiger partial charge in [0.05, 0.1) is 26.9 Å². The Hall–Kier alpha value is -3.04. The van der Waals surface area contributed by atoms with E-state index in [4.69, 9.17) is 4.74 Å². The first-order valence-corrected chi connectivity index (χ1v) is 7.91. The molecule has 0 aliphatic carbocycles. The Morgan fingerprint density at radius 3 is 2.08 bits per heavy atom. The zero-order valence-corrected chi connectivity index (χ0v) is 15.3. The summed E-state index contributed by atoms with van der Waals surface area (Å²) in [5.41, 5.74) is 0.364. The van der Waals surface area contributed by atoms with Crippen LogP contribution in [-0.4, -0.2) is 50.1 Å². The largest absolute Gasteiger partial charge is 0.477 e. The van der Waals surface area contributed by atoms with Crippen LogP contribution in [0.5, 0.6) is 5.88 Å². The quantitative estimate of drug-likeness (QED) is 0.424. The van der Waals surface area contributed by atoms with Crippen LogP contribution in [0, 0.1) is 0 Å². The van der Waals surface area contributed by atoms with Gasteiger partial charge in [-0.2, -0.15) is 0 Å². The Morgan fingerprint density at radius 2 is 1.62 bits per heavy atom. The minimum atomic E-state index is -0.898. The maximum absolute atomic E-state index is 11.3. The van der Waals surface area contributed by atoms with Gasteiger partial charge in [0.25, 0.3) is 0 Å². The third-order valence-electron chi connectivity index (χ3n) is 2.37. The molecule has 0 bridgehead atoms. The maximum Gasteiger partial charge on any atom is 0.452 e. The molecule has 0 aromatic carbocycles. The summed E-state index contributed by atoms with van der Waals surface area (Å²) < 4.78 is 18.6. The molecule has 1 aromatic heterocycles. The van der Waals surface area contributed by atoms with E-state index in [-0.39, 0.29) is 13.2 Å². The van der Waals surface area contributed by atoms with Crippen LogP contribution in [0.2, 0.25) is 0 Å². The number of methoxy groups -OCH3 is 1. The summed E-state index contributed by atoms with van der Waals surface area (Å²) >= 11 is 0. The fourth-order valence-corrected chi connectivity index (χ4v) is 1.36. The van der Waals surface area contributed by atoms with Crippen LogP contribution in [0.1, 0.15) is 37.6 Å². The minimum Gasteiger partial charge on any atom is -0.477 e. The lowest BCUT2D eigenvalue weighted by atomic mass is 10.3. The van der Waals surface area contributed by atoms with Crippen molar-refractivity contribution in [3.63, 3.8) is 0 Å². The Bertz CT molecular complexity index is 585. The summed E-state index contributed by atoms with van der Waals surface area (Å²) in [6.45, 7) is 6.17. The smallest absolute Gasteiger partial charge is 0.452 e. The van der Waals surface area contributed by atoms with Gasteiger partial charge in [-0.25, -0.2) is 19.4 Å². The van der Waals surface area contributed by atoms with Gasteiger partial charge >= 0.3 is 18.2 Å². The predicted molar refractivity (Wildman–Crippen MR) is 90.3 cm³/mol. The molecule has 0 aliphatic rings. The van der Waals surface area contributed by atoms with E-state index in [0.29, 0.717) is 18.1 Å². The van der Waals surface area contributed by atoms with Crippen LogP contribution in [0.15, 0.2) is 28.6 Å². The Balaban J connectivity index is 0.000000488. The highest BCUT2D eigenvalue weighted by Crippen LogP contribution is 2.15. The van der Waals surface area contributed by atoms with E-state index in [0.717, 1.165) is 6.42 Å². The van der Waals surface area contributed by atoms with Gasteiger partial charge < -0.3 is 18.9 Å². The molecule has 144 valence electrons. The summed E-state index contributed by atoms with van der Waals surface area (Å²) in [4.78, 5) is 36.1. The minimum absolute atomic E-state index is 0.195. The first-order chi connectivity index (χ1) is 12.5. The highest BCUT2D eigenvalue weighted by molar-refractivity contribution is 5.91. The molecule has 0 atom stereocenters. The van der Waals surface area contributed by atoms with E-state index < -0.39 is 18.2 Å². The number of carbonyl (C=O) groups is 3. The van der Waals surface area contributed by atoms with Gasteiger partial charge in [-0.15, -0.1) is 0 Å². The lowest BCUT2D eigenvalue weighted by Crippen LogP contribution is -2.07. The Labute approximate surface area is 151 Å². The van der Waals surface area contributed by atoms with Crippen LogP contribution >= 0.6 is 0 Å². The molecule has 0 unspecified atom stereocenters. The number of carbonyl (C=O) groups excluding carboxylic acids is 3. The normalized spacial score (nSPS) is 9.69. The summed E-state index contributed by atoms with van der Waals surface area (Å²) in [7, 11) is 1.33. The molecule has 26 heavy (non-hydrogen) atoms. The fraction of sp³-hybridized carbons (Fsp3) is 0.500. The second-order valence-corrected chi connectivity index (χ2v) is 4.29. The fourth-order valence-electron chi connectivity index (χ4n) is 1.36. The van der Waals surface area contributed by atoms with Gasteiger partial charge in [-0.1, -0.05) is 17.2 Å². The van der Waals surface area contributed by atoms with E-state index in [9.17, 15) is 14.4 Å². The van der Waals surface area contributed by atoms with Crippen molar-refractivity contribution in [3.05, 3.63) is 23.9 Å². The standard InChI is InChI=1S/C10H13NO3.C6H10N2O4/c1-3-7-14-9-8(10(12)13-2)5-4-6-11-9;1-3-11-5(9)7-8-6(10)12-4-2/h4-6H,3,7H2,1-2H3;3-4H2,1-2H3. The summed E-state index contributed by atoms with van der Waals surface area (Å²) in [6, 6.07) is 3.30. The van der Waals surface area contributed by atoms with E-state index in [1.807, 2.05) is 6.92 Å². The van der Waals surface area contributed by atoms with Crippen molar-refractivity contribution >= 4 is 18.2 Å². The van der Waals surface area contributed by atoms with E-state index in [1.54, 1.807) is 32.2 Å². The van der Waals surface area contributed by atoms with Crippen molar-refractivity contribution < 1.29 is 33.3 Å². The van der Waals surface area contributed by atoms with Gasteiger partial charge in [0.1, 0.15) is 5.56 Å². The number of nitrogens with zero attached hydrogens (tertiary/aromatic N) is 3. The summed E-state index contributed by atoms with van der Waals surface area (Å²) in [5, 5.41) is 5.84. The molecular weight excluding hydrogens is 346 g/mol. The second-order valence-electron chi connectivity index (χ2n) is 4.29. The van der Waals surface area contributed by atoms with E-state index in [1.165, 1.54) is 7.11 Å². The first-order valence-electron chi connectivity index (χ1n) is 7.91. The van der Waals surface area contributed by atoms with Gasteiger partial charge in [0, 0.05) is 6.20 Å². The Kier molecular flexibility index (Phi) is 12.6. The molecule has 0 saturated carbocycles. The number of hydrogen-bond acceptors (Lipinski definition) is 8. The lowest BCUT2D eigenvalue weighted by Gasteiger charge is -2.06. The predicted octanol–water partition coefficient (Wildman–Crippen LogP) is 3.41. The number of ether oxygens (including phenoxy) is 4. The third kappa shape index (κ3) is 9.96. The number of pyridine rings is 1. The molecule has 10 nitrogen and oxygen atoms in total. The van der Waals surface area contributed by atoms with Crippen molar-refractivity contribution in [2.45, 2.75) is 27.2 Å².